The predicted molar refractivity (Wildman–Crippen MR) is 99.5 cm³/mol. The number of anilines is 1. The van der Waals surface area contributed by atoms with Crippen molar-refractivity contribution in [2.75, 3.05) is 26.5 Å². The third-order valence-corrected chi connectivity index (χ3v) is 4.73. The van der Waals surface area contributed by atoms with Crippen LogP contribution in [0, 0.1) is 13.8 Å². The van der Waals surface area contributed by atoms with E-state index in [2.05, 4.69) is 5.32 Å². The molecule has 0 aliphatic rings. The molecule has 0 aliphatic heterocycles. The molecule has 138 valence electrons. The molecule has 2 aromatic heterocycles. The number of hydrogen-bond donors (Lipinski definition) is 1. The van der Waals surface area contributed by atoms with Gasteiger partial charge in [-0.1, -0.05) is 0 Å². The van der Waals surface area contributed by atoms with Crippen LogP contribution in [0.4, 0.5) is 5.00 Å². The lowest BCUT2D eigenvalue weighted by atomic mass is 10.1. The van der Waals surface area contributed by atoms with Gasteiger partial charge in [-0.3, -0.25) is 9.59 Å². The van der Waals surface area contributed by atoms with E-state index in [4.69, 9.17) is 9.15 Å². The third kappa shape index (κ3) is 4.20. The summed E-state index contributed by atoms with van der Waals surface area (Å²) in [7, 11) is 4.48. The molecule has 2 rings (SSSR count). The molecular weight excluding hydrogens is 356 g/mol. The Morgan fingerprint density at radius 2 is 1.92 bits per heavy atom. The zero-order valence-electron chi connectivity index (χ0n) is 15.2. The van der Waals surface area contributed by atoms with Crippen LogP contribution in [-0.4, -0.2) is 43.9 Å². The fourth-order valence-corrected chi connectivity index (χ4v) is 3.43. The summed E-state index contributed by atoms with van der Waals surface area (Å²) in [6.07, 6.45) is 2.81. The van der Waals surface area contributed by atoms with Gasteiger partial charge in [0.25, 0.3) is 5.91 Å². The minimum Gasteiger partial charge on any atom is -0.465 e. The van der Waals surface area contributed by atoms with Crippen molar-refractivity contribution in [1.82, 2.24) is 4.90 Å². The summed E-state index contributed by atoms with van der Waals surface area (Å²) in [6, 6.07) is 3.52. The highest BCUT2D eigenvalue weighted by molar-refractivity contribution is 7.18. The number of furan rings is 1. The molecule has 0 atom stereocenters. The van der Waals surface area contributed by atoms with Crippen LogP contribution in [0.15, 0.2) is 22.6 Å². The number of hydrogen-bond acceptors (Lipinski definition) is 6. The van der Waals surface area contributed by atoms with E-state index in [0.29, 0.717) is 16.2 Å². The minimum absolute atomic E-state index is 0.179. The van der Waals surface area contributed by atoms with Gasteiger partial charge < -0.3 is 19.4 Å². The Kier molecular flexibility index (Phi) is 5.99. The molecule has 1 N–H and O–H groups in total. The van der Waals surface area contributed by atoms with Crippen LogP contribution in [0.3, 0.4) is 0 Å². The van der Waals surface area contributed by atoms with Crippen molar-refractivity contribution in [3.8, 4) is 0 Å². The van der Waals surface area contributed by atoms with Gasteiger partial charge in [-0.25, -0.2) is 4.79 Å². The fraction of sp³-hybridized carbons (Fsp3) is 0.278. The van der Waals surface area contributed by atoms with Crippen LogP contribution >= 0.6 is 11.3 Å². The molecule has 0 aromatic carbocycles. The average Bonchev–Trinajstić information content (AvgIpc) is 3.15. The van der Waals surface area contributed by atoms with Gasteiger partial charge in [0.05, 0.1) is 17.6 Å². The molecule has 0 spiro atoms. The number of ether oxygens (including phenoxy) is 1. The second kappa shape index (κ2) is 8.01. The number of methoxy groups -OCH3 is 1. The van der Waals surface area contributed by atoms with E-state index < -0.39 is 11.9 Å². The van der Waals surface area contributed by atoms with Gasteiger partial charge >= 0.3 is 5.97 Å². The molecular formula is C18H20N2O5S. The Bertz CT molecular complexity index is 876. The van der Waals surface area contributed by atoms with E-state index >= 15 is 0 Å². The Balaban J connectivity index is 2.30. The number of rotatable bonds is 5. The summed E-state index contributed by atoms with van der Waals surface area (Å²) in [5.41, 5.74) is 0.653. The Hall–Kier alpha value is -2.87. The summed E-state index contributed by atoms with van der Waals surface area (Å²) in [4.78, 5) is 38.4. The van der Waals surface area contributed by atoms with Gasteiger partial charge in [-0.2, -0.15) is 0 Å². The van der Waals surface area contributed by atoms with Crippen molar-refractivity contribution >= 4 is 40.2 Å². The van der Waals surface area contributed by atoms with E-state index in [1.54, 1.807) is 40.1 Å². The number of amides is 2. The quantitative estimate of drug-likeness (QED) is 0.640. The lowest BCUT2D eigenvalue weighted by Crippen LogP contribution is -2.21. The van der Waals surface area contributed by atoms with Gasteiger partial charge in [0, 0.05) is 20.2 Å². The highest BCUT2D eigenvalue weighted by atomic mass is 32.1. The van der Waals surface area contributed by atoms with E-state index in [9.17, 15) is 14.4 Å². The molecule has 2 amide bonds. The lowest BCUT2D eigenvalue weighted by Gasteiger charge is -2.08. The summed E-state index contributed by atoms with van der Waals surface area (Å²) >= 11 is 1.04. The van der Waals surface area contributed by atoms with Gasteiger partial charge in [0.2, 0.25) is 5.91 Å². The van der Waals surface area contributed by atoms with Crippen LogP contribution in [0.25, 0.3) is 6.08 Å². The molecule has 8 heteroatoms. The van der Waals surface area contributed by atoms with Crippen molar-refractivity contribution in [2.45, 2.75) is 13.8 Å². The Labute approximate surface area is 155 Å². The van der Waals surface area contributed by atoms with Gasteiger partial charge in [0.15, 0.2) is 0 Å². The van der Waals surface area contributed by atoms with Crippen LogP contribution in [0.2, 0.25) is 0 Å². The molecule has 2 heterocycles. The maximum atomic E-state index is 12.3. The van der Waals surface area contributed by atoms with Crippen molar-refractivity contribution in [3.63, 3.8) is 0 Å². The second-order valence-corrected chi connectivity index (χ2v) is 6.74. The highest BCUT2D eigenvalue weighted by Crippen LogP contribution is 2.34. The summed E-state index contributed by atoms with van der Waals surface area (Å²) in [5.74, 6) is -0.0398. The maximum Gasteiger partial charge on any atom is 0.341 e. The monoisotopic (exact) mass is 376 g/mol. The maximum absolute atomic E-state index is 12.3. The van der Waals surface area contributed by atoms with E-state index in [1.807, 2.05) is 0 Å². The smallest absolute Gasteiger partial charge is 0.341 e. The third-order valence-electron chi connectivity index (χ3n) is 3.53. The fourth-order valence-electron chi connectivity index (χ4n) is 2.21. The Morgan fingerprint density at radius 1 is 1.23 bits per heavy atom. The molecule has 7 nitrogen and oxygen atoms in total. The standard InChI is InChI=1S/C18H20N2O5S/c1-10-6-7-12(25-10)8-9-13(21)19-16-14(18(23)24-5)11(2)15(26-16)17(22)20(3)4/h6-9H,1-5H3,(H,19,21). The van der Waals surface area contributed by atoms with E-state index in [-0.39, 0.29) is 16.5 Å². The normalized spacial score (nSPS) is 10.8. The van der Waals surface area contributed by atoms with Gasteiger partial charge in [-0.15, -0.1) is 11.3 Å². The topological polar surface area (TPSA) is 88.8 Å². The SMILES string of the molecule is COC(=O)c1c(NC(=O)C=Cc2ccc(C)o2)sc(C(=O)N(C)C)c1C. The minimum atomic E-state index is -0.613. The van der Waals surface area contributed by atoms with Gasteiger partial charge in [-0.05, 0) is 37.6 Å². The first-order chi connectivity index (χ1) is 12.2. The van der Waals surface area contributed by atoms with Crippen LogP contribution in [-0.2, 0) is 9.53 Å². The average molecular weight is 376 g/mol. The van der Waals surface area contributed by atoms with Crippen molar-refractivity contribution in [2.24, 2.45) is 0 Å². The first-order valence-corrected chi connectivity index (χ1v) is 8.55. The molecule has 0 aliphatic carbocycles. The number of aryl methyl sites for hydroxylation is 1. The summed E-state index contributed by atoms with van der Waals surface area (Å²) < 4.78 is 10.1. The highest BCUT2D eigenvalue weighted by Gasteiger charge is 2.26. The van der Waals surface area contributed by atoms with Crippen LogP contribution in [0.5, 0.6) is 0 Å². The Morgan fingerprint density at radius 3 is 2.46 bits per heavy atom. The summed E-state index contributed by atoms with van der Waals surface area (Å²) in [5, 5.41) is 2.91. The molecule has 0 radical (unpaired) electrons. The number of carbonyl (C=O) groups is 3. The number of esters is 1. The lowest BCUT2D eigenvalue weighted by molar-refractivity contribution is -0.111. The molecule has 26 heavy (non-hydrogen) atoms. The first-order valence-electron chi connectivity index (χ1n) is 7.73. The molecule has 0 saturated heterocycles. The number of thiophene rings is 1. The molecule has 0 unspecified atom stereocenters. The van der Waals surface area contributed by atoms with Crippen molar-refractivity contribution in [1.29, 1.82) is 0 Å². The van der Waals surface area contributed by atoms with E-state index in [0.717, 1.165) is 17.1 Å². The largest absolute Gasteiger partial charge is 0.465 e. The zero-order chi connectivity index (χ0) is 19.4. The van der Waals surface area contributed by atoms with Crippen LogP contribution in [0.1, 0.15) is 37.1 Å². The number of nitrogens with one attached hydrogen (secondary N) is 1. The summed E-state index contributed by atoms with van der Waals surface area (Å²) in [6.45, 7) is 3.45. The predicted octanol–water partition coefficient (Wildman–Crippen LogP) is 3.10. The second-order valence-electron chi connectivity index (χ2n) is 5.72. The number of carbonyl (C=O) groups excluding carboxylic acids is 3. The zero-order valence-corrected chi connectivity index (χ0v) is 16.0. The molecule has 2 aromatic rings. The molecule has 0 bridgehead atoms. The van der Waals surface area contributed by atoms with E-state index in [1.165, 1.54) is 24.2 Å². The molecule has 0 saturated carbocycles. The van der Waals surface area contributed by atoms with Crippen molar-refractivity contribution < 1.29 is 23.5 Å². The number of nitrogens with zero attached hydrogens (tertiary/aromatic N) is 1. The van der Waals surface area contributed by atoms with Gasteiger partial charge in [0.1, 0.15) is 16.5 Å². The molecule has 0 fully saturated rings. The van der Waals surface area contributed by atoms with Crippen molar-refractivity contribution in [3.05, 3.63) is 45.7 Å². The first kappa shape index (κ1) is 19.5. The van der Waals surface area contributed by atoms with Crippen LogP contribution < -0.4 is 5.32 Å².